The summed E-state index contributed by atoms with van der Waals surface area (Å²) in [6, 6.07) is 2.08. The van der Waals surface area contributed by atoms with Gasteiger partial charge in [0.2, 0.25) is 0 Å². The largest absolute Gasteiger partial charge is 0.478 e. The second-order valence-electron chi connectivity index (χ2n) is 3.46. The molecule has 1 amide bonds. The van der Waals surface area contributed by atoms with Gasteiger partial charge in [-0.1, -0.05) is 12.7 Å². The Morgan fingerprint density at radius 2 is 2.22 bits per heavy atom. The van der Waals surface area contributed by atoms with Crippen LogP contribution in [0, 0.1) is 12.7 Å². The number of aryl methyl sites for hydroxylation is 1. The van der Waals surface area contributed by atoms with Crippen molar-refractivity contribution in [3.8, 4) is 0 Å². The van der Waals surface area contributed by atoms with Gasteiger partial charge in [-0.3, -0.25) is 5.32 Å². The Morgan fingerprint density at radius 1 is 1.56 bits per heavy atom. The number of benzene rings is 1. The van der Waals surface area contributed by atoms with Gasteiger partial charge in [0.1, 0.15) is 12.4 Å². The van der Waals surface area contributed by atoms with Gasteiger partial charge in [0.05, 0.1) is 11.3 Å². The van der Waals surface area contributed by atoms with Gasteiger partial charge < -0.3 is 9.84 Å². The van der Waals surface area contributed by atoms with Crippen molar-refractivity contribution in [1.29, 1.82) is 0 Å². The van der Waals surface area contributed by atoms with E-state index in [0.29, 0.717) is 0 Å². The van der Waals surface area contributed by atoms with Crippen molar-refractivity contribution in [2.75, 3.05) is 11.9 Å². The first kappa shape index (κ1) is 13.7. The maximum absolute atomic E-state index is 13.3. The summed E-state index contributed by atoms with van der Waals surface area (Å²) in [6.45, 7) is 4.76. The van der Waals surface area contributed by atoms with Crippen LogP contribution in [0.3, 0.4) is 0 Å². The molecule has 0 heterocycles. The van der Waals surface area contributed by atoms with Crippen molar-refractivity contribution in [1.82, 2.24) is 0 Å². The van der Waals surface area contributed by atoms with Gasteiger partial charge in [0.15, 0.2) is 0 Å². The Balaban J connectivity index is 3.00. The molecule has 0 fully saturated rings. The summed E-state index contributed by atoms with van der Waals surface area (Å²) in [5.41, 5.74) is -0.179. The van der Waals surface area contributed by atoms with Crippen LogP contribution in [-0.4, -0.2) is 23.8 Å². The number of anilines is 1. The van der Waals surface area contributed by atoms with Gasteiger partial charge in [-0.2, -0.15) is 0 Å². The molecule has 0 aliphatic carbocycles. The minimum Gasteiger partial charge on any atom is -0.478 e. The zero-order valence-electron chi connectivity index (χ0n) is 9.70. The lowest BCUT2D eigenvalue weighted by molar-refractivity contribution is 0.0698. The molecular weight excluding hydrogens is 241 g/mol. The third-order valence-electron chi connectivity index (χ3n) is 2.10. The molecule has 1 aromatic carbocycles. The summed E-state index contributed by atoms with van der Waals surface area (Å²) in [7, 11) is 0. The number of halogens is 1. The maximum atomic E-state index is 13.3. The predicted molar refractivity (Wildman–Crippen MR) is 63.3 cm³/mol. The maximum Gasteiger partial charge on any atom is 0.411 e. The number of aromatic carboxylic acids is 1. The van der Waals surface area contributed by atoms with Crippen LogP contribution in [0.1, 0.15) is 15.9 Å². The smallest absolute Gasteiger partial charge is 0.411 e. The van der Waals surface area contributed by atoms with Gasteiger partial charge in [0.25, 0.3) is 0 Å². The Morgan fingerprint density at radius 3 is 2.78 bits per heavy atom. The first-order valence-electron chi connectivity index (χ1n) is 5.03. The van der Waals surface area contributed by atoms with Crippen LogP contribution in [0.4, 0.5) is 14.9 Å². The minimum absolute atomic E-state index is 0.0252. The van der Waals surface area contributed by atoms with Crippen LogP contribution >= 0.6 is 0 Å². The summed E-state index contributed by atoms with van der Waals surface area (Å²) in [5, 5.41) is 11.1. The molecule has 18 heavy (non-hydrogen) atoms. The molecule has 0 spiro atoms. The summed E-state index contributed by atoms with van der Waals surface area (Å²) < 4.78 is 17.9. The van der Waals surface area contributed by atoms with Crippen LogP contribution in [0.5, 0.6) is 0 Å². The molecule has 0 bridgehead atoms. The molecule has 0 aliphatic heterocycles. The number of rotatable bonds is 4. The first-order valence-corrected chi connectivity index (χ1v) is 5.03. The monoisotopic (exact) mass is 253 g/mol. The Labute approximate surface area is 103 Å². The fourth-order valence-electron chi connectivity index (χ4n) is 1.24. The molecule has 0 aliphatic rings. The molecule has 0 saturated carbocycles. The second-order valence-corrected chi connectivity index (χ2v) is 3.46. The number of carboxylic acids is 1. The van der Waals surface area contributed by atoms with Crippen LogP contribution in [0.25, 0.3) is 0 Å². The Kier molecular flexibility index (Phi) is 4.42. The van der Waals surface area contributed by atoms with Gasteiger partial charge in [-0.25, -0.2) is 14.0 Å². The molecule has 0 atom stereocenters. The molecule has 2 N–H and O–H groups in total. The molecule has 0 unspecified atom stereocenters. The van der Waals surface area contributed by atoms with E-state index in [0.717, 1.165) is 12.1 Å². The van der Waals surface area contributed by atoms with Crippen molar-refractivity contribution in [3.63, 3.8) is 0 Å². The third kappa shape index (κ3) is 3.31. The number of carboxylic acid groups (broad SMARTS) is 1. The number of hydrogen-bond acceptors (Lipinski definition) is 3. The molecule has 0 aromatic heterocycles. The zero-order chi connectivity index (χ0) is 13.7. The van der Waals surface area contributed by atoms with E-state index in [2.05, 4.69) is 16.6 Å². The van der Waals surface area contributed by atoms with Crippen molar-refractivity contribution in [2.45, 2.75) is 6.92 Å². The van der Waals surface area contributed by atoms with Crippen LogP contribution in [0.15, 0.2) is 24.8 Å². The molecule has 1 aromatic rings. The molecular formula is C12H12FNO4. The van der Waals surface area contributed by atoms with Crippen molar-refractivity contribution >= 4 is 17.7 Å². The molecule has 1 rings (SSSR count). The van der Waals surface area contributed by atoms with Crippen molar-refractivity contribution < 1.29 is 23.8 Å². The normalized spacial score (nSPS) is 9.67. The highest BCUT2D eigenvalue weighted by molar-refractivity contribution is 5.98. The van der Waals surface area contributed by atoms with Gasteiger partial charge in [-0.05, 0) is 24.6 Å². The highest BCUT2D eigenvalue weighted by Gasteiger charge is 2.15. The van der Waals surface area contributed by atoms with Crippen LogP contribution < -0.4 is 5.32 Å². The summed E-state index contributed by atoms with van der Waals surface area (Å²) in [4.78, 5) is 22.2. The summed E-state index contributed by atoms with van der Waals surface area (Å²) in [6.07, 6.45) is 0.480. The van der Waals surface area contributed by atoms with E-state index >= 15 is 0 Å². The van der Waals surface area contributed by atoms with Crippen LogP contribution in [-0.2, 0) is 4.74 Å². The predicted octanol–water partition coefficient (Wildman–Crippen LogP) is 2.57. The fraction of sp³-hybridized carbons (Fsp3) is 0.167. The van der Waals surface area contributed by atoms with E-state index in [1.165, 1.54) is 13.0 Å². The molecule has 5 nitrogen and oxygen atoms in total. The standard InChI is InChI=1S/C12H12FNO4/c1-3-4-18-12(17)14-10-6-9(13)7(2)5-8(10)11(15)16/h3,5-6H,1,4H2,2H3,(H,14,17)(H,15,16). The van der Waals surface area contributed by atoms with E-state index < -0.39 is 17.9 Å². The molecule has 6 heteroatoms. The van der Waals surface area contributed by atoms with Gasteiger partial charge >= 0.3 is 12.1 Å². The van der Waals surface area contributed by atoms with E-state index in [1.807, 2.05) is 0 Å². The van der Waals surface area contributed by atoms with E-state index in [9.17, 15) is 14.0 Å². The topological polar surface area (TPSA) is 75.6 Å². The lowest BCUT2D eigenvalue weighted by atomic mass is 10.1. The fourth-order valence-corrected chi connectivity index (χ4v) is 1.24. The number of ether oxygens (including phenoxy) is 1. The average molecular weight is 253 g/mol. The number of carbonyl (C=O) groups is 2. The minimum atomic E-state index is -1.27. The second kappa shape index (κ2) is 5.81. The average Bonchev–Trinajstić information content (AvgIpc) is 2.30. The third-order valence-corrected chi connectivity index (χ3v) is 2.10. The number of carbonyl (C=O) groups excluding carboxylic acids is 1. The lowest BCUT2D eigenvalue weighted by Gasteiger charge is -2.09. The van der Waals surface area contributed by atoms with E-state index in [1.54, 1.807) is 0 Å². The zero-order valence-corrected chi connectivity index (χ0v) is 9.70. The number of nitrogens with one attached hydrogen (secondary N) is 1. The highest BCUT2D eigenvalue weighted by atomic mass is 19.1. The molecule has 0 saturated heterocycles. The van der Waals surface area contributed by atoms with E-state index in [-0.39, 0.29) is 23.4 Å². The van der Waals surface area contributed by atoms with Crippen molar-refractivity contribution in [2.24, 2.45) is 0 Å². The van der Waals surface area contributed by atoms with E-state index in [4.69, 9.17) is 5.11 Å². The number of amides is 1. The van der Waals surface area contributed by atoms with Crippen LogP contribution in [0.2, 0.25) is 0 Å². The quantitative estimate of drug-likeness (QED) is 0.808. The summed E-state index contributed by atoms with van der Waals surface area (Å²) >= 11 is 0. The molecule has 0 radical (unpaired) electrons. The summed E-state index contributed by atoms with van der Waals surface area (Å²) in [5.74, 6) is -1.88. The first-order chi connectivity index (χ1) is 8.45. The Bertz CT molecular complexity index is 499. The van der Waals surface area contributed by atoms with Crippen molar-refractivity contribution in [3.05, 3.63) is 41.7 Å². The lowest BCUT2D eigenvalue weighted by Crippen LogP contribution is -2.16. The Hall–Kier alpha value is -2.37. The van der Waals surface area contributed by atoms with Gasteiger partial charge in [-0.15, -0.1) is 0 Å². The number of hydrogen-bond donors (Lipinski definition) is 2. The SMILES string of the molecule is C=CCOC(=O)Nc1cc(F)c(C)cc1C(=O)O. The van der Waals surface area contributed by atoms with Gasteiger partial charge in [0, 0.05) is 0 Å². The highest BCUT2D eigenvalue weighted by Crippen LogP contribution is 2.20. The molecule has 96 valence electrons.